The summed E-state index contributed by atoms with van der Waals surface area (Å²) in [6.45, 7) is 3.79. The zero-order valence-electron chi connectivity index (χ0n) is 17.0. The molecule has 1 heterocycles. The van der Waals surface area contributed by atoms with E-state index in [4.69, 9.17) is 0 Å². The molecule has 158 valence electrons. The van der Waals surface area contributed by atoms with Gasteiger partial charge in [0.05, 0.1) is 23.2 Å². The van der Waals surface area contributed by atoms with E-state index in [0.29, 0.717) is 19.4 Å². The van der Waals surface area contributed by atoms with Crippen molar-refractivity contribution < 1.29 is 14.7 Å². The van der Waals surface area contributed by atoms with Crippen molar-refractivity contribution in [1.29, 1.82) is 0 Å². The lowest BCUT2D eigenvalue weighted by atomic mass is 9.85. The molecule has 0 atom stereocenters. The Hall–Kier alpha value is -2.61. The van der Waals surface area contributed by atoms with Crippen molar-refractivity contribution in [2.24, 2.45) is 5.92 Å². The van der Waals surface area contributed by atoms with Gasteiger partial charge in [-0.2, -0.15) is 0 Å². The lowest BCUT2D eigenvalue weighted by Crippen LogP contribution is -2.49. The molecule has 1 aromatic heterocycles. The average molecular weight is 402 g/mol. The zero-order valence-corrected chi connectivity index (χ0v) is 17.0. The third-order valence-electron chi connectivity index (χ3n) is 5.56. The van der Waals surface area contributed by atoms with E-state index in [9.17, 15) is 19.5 Å². The Balaban J connectivity index is 1.46. The van der Waals surface area contributed by atoms with Crippen LogP contribution in [0.1, 0.15) is 46.0 Å². The van der Waals surface area contributed by atoms with Gasteiger partial charge < -0.3 is 20.7 Å². The average Bonchev–Trinajstić information content (AvgIpc) is 3.01. The van der Waals surface area contributed by atoms with E-state index >= 15 is 0 Å². The van der Waals surface area contributed by atoms with Gasteiger partial charge in [0, 0.05) is 24.9 Å². The van der Waals surface area contributed by atoms with Crippen molar-refractivity contribution in [3.05, 3.63) is 34.7 Å². The minimum Gasteiger partial charge on any atom is -0.394 e. The second-order valence-corrected chi connectivity index (χ2v) is 8.50. The van der Waals surface area contributed by atoms with Crippen LogP contribution in [0.15, 0.2) is 29.1 Å². The molecule has 1 aromatic carbocycles. The number of fused-ring (bicyclic) bond motifs is 1. The van der Waals surface area contributed by atoms with Crippen LogP contribution >= 0.6 is 0 Å². The Labute approximate surface area is 169 Å². The number of para-hydroxylation sites is 2. The van der Waals surface area contributed by atoms with E-state index in [1.54, 1.807) is 18.4 Å². The summed E-state index contributed by atoms with van der Waals surface area (Å²) in [6, 6.07) is 7.47. The predicted molar refractivity (Wildman–Crippen MR) is 110 cm³/mol. The van der Waals surface area contributed by atoms with E-state index in [1.165, 1.54) is 0 Å². The summed E-state index contributed by atoms with van der Waals surface area (Å²) >= 11 is 0. The van der Waals surface area contributed by atoms with Crippen LogP contribution in [-0.4, -0.2) is 44.7 Å². The summed E-state index contributed by atoms with van der Waals surface area (Å²) in [5, 5.41) is 15.2. The van der Waals surface area contributed by atoms with Crippen LogP contribution in [0, 0.1) is 5.92 Å². The van der Waals surface area contributed by atoms with E-state index in [0.717, 1.165) is 23.9 Å². The lowest BCUT2D eigenvalue weighted by molar-refractivity contribution is -0.128. The van der Waals surface area contributed by atoms with Crippen LogP contribution in [0.3, 0.4) is 0 Å². The molecule has 8 nitrogen and oxygen atoms in total. The first-order valence-corrected chi connectivity index (χ1v) is 10.2. The largest absolute Gasteiger partial charge is 0.394 e. The van der Waals surface area contributed by atoms with Gasteiger partial charge in [-0.15, -0.1) is 0 Å². The first kappa shape index (κ1) is 21.1. The molecule has 4 N–H and O–H groups in total. The summed E-state index contributed by atoms with van der Waals surface area (Å²) in [6.07, 6.45) is 3.14. The maximum atomic E-state index is 12.4. The molecule has 1 saturated carbocycles. The maximum Gasteiger partial charge on any atom is 0.326 e. The Morgan fingerprint density at radius 2 is 1.90 bits per heavy atom. The van der Waals surface area contributed by atoms with Gasteiger partial charge >= 0.3 is 5.69 Å². The number of aliphatic hydroxyl groups excluding tert-OH is 1. The number of nitrogens with one attached hydrogen (secondary N) is 3. The quantitative estimate of drug-likeness (QED) is 0.558. The molecule has 0 aliphatic heterocycles. The molecular weight excluding hydrogens is 372 g/mol. The number of aliphatic hydroxyl groups is 1. The number of hydrogen-bond donors (Lipinski definition) is 4. The van der Waals surface area contributed by atoms with Crippen molar-refractivity contribution in [2.45, 2.75) is 64.1 Å². The number of benzene rings is 1. The number of aromatic amines is 1. The summed E-state index contributed by atoms with van der Waals surface area (Å²) in [5.74, 6) is -0.206. The zero-order chi connectivity index (χ0) is 21.0. The van der Waals surface area contributed by atoms with Gasteiger partial charge in [-0.1, -0.05) is 12.1 Å². The van der Waals surface area contributed by atoms with Crippen LogP contribution < -0.4 is 16.3 Å². The number of H-pyrrole nitrogens is 1. The fourth-order valence-electron chi connectivity index (χ4n) is 3.82. The van der Waals surface area contributed by atoms with Gasteiger partial charge in [-0.25, -0.2) is 4.79 Å². The molecule has 0 unspecified atom stereocenters. The third-order valence-corrected chi connectivity index (χ3v) is 5.56. The number of amides is 2. The monoisotopic (exact) mass is 402 g/mol. The van der Waals surface area contributed by atoms with Crippen molar-refractivity contribution in [3.8, 4) is 0 Å². The number of aromatic nitrogens is 2. The van der Waals surface area contributed by atoms with Crippen LogP contribution in [0.2, 0.25) is 0 Å². The van der Waals surface area contributed by atoms with Gasteiger partial charge in [0.2, 0.25) is 11.8 Å². The molecular formula is C21H30N4O4. The highest BCUT2D eigenvalue weighted by molar-refractivity contribution is 5.80. The smallest absolute Gasteiger partial charge is 0.326 e. The summed E-state index contributed by atoms with van der Waals surface area (Å²) < 4.78 is 1.58. The topological polar surface area (TPSA) is 116 Å². The summed E-state index contributed by atoms with van der Waals surface area (Å²) in [7, 11) is 0. The number of imidazole rings is 1. The predicted octanol–water partition coefficient (Wildman–Crippen LogP) is 1.28. The normalized spacial score (nSPS) is 19.8. The fraction of sp³-hybridized carbons (Fsp3) is 0.571. The minimum atomic E-state index is -0.622. The highest BCUT2D eigenvalue weighted by atomic mass is 16.3. The first-order valence-electron chi connectivity index (χ1n) is 10.2. The molecule has 29 heavy (non-hydrogen) atoms. The van der Waals surface area contributed by atoms with Crippen molar-refractivity contribution in [3.63, 3.8) is 0 Å². The number of hydrogen-bond acceptors (Lipinski definition) is 4. The van der Waals surface area contributed by atoms with Crippen molar-refractivity contribution in [2.75, 3.05) is 6.61 Å². The second kappa shape index (κ2) is 8.82. The minimum absolute atomic E-state index is 0.0347. The molecule has 0 bridgehead atoms. The van der Waals surface area contributed by atoms with Crippen LogP contribution in [0.4, 0.5) is 0 Å². The summed E-state index contributed by atoms with van der Waals surface area (Å²) in [4.78, 5) is 39.6. The van der Waals surface area contributed by atoms with Crippen molar-refractivity contribution >= 4 is 22.8 Å². The number of carbonyl (C=O) groups excluding carboxylic acids is 2. The number of rotatable bonds is 7. The second-order valence-electron chi connectivity index (χ2n) is 8.50. The molecule has 2 aromatic rings. The molecule has 0 radical (unpaired) electrons. The van der Waals surface area contributed by atoms with E-state index in [1.807, 2.05) is 24.3 Å². The van der Waals surface area contributed by atoms with Gasteiger partial charge in [0.25, 0.3) is 0 Å². The maximum absolute atomic E-state index is 12.4. The molecule has 1 fully saturated rings. The highest BCUT2D eigenvalue weighted by Crippen LogP contribution is 2.25. The Morgan fingerprint density at radius 1 is 1.21 bits per heavy atom. The van der Waals surface area contributed by atoms with E-state index < -0.39 is 5.54 Å². The van der Waals surface area contributed by atoms with Crippen LogP contribution in [0.25, 0.3) is 11.0 Å². The molecule has 1 aliphatic rings. The van der Waals surface area contributed by atoms with E-state index in [-0.39, 0.29) is 42.5 Å². The Kier molecular flexibility index (Phi) is 6.42. The molecule has 8 heteroatoms. The van der Waals surface area contributed by atoms with Gasteiger partial charge in [0.15, 0.2) is 0 Å². The lowest BCUT2D eigenvalue weighted by Gasteiger charge is -2.31. The van der Waals surface area contributed by atoms with E-state index in [2.05, 4.69) is 15.6 Å². The first-order chi connectivity index (χ1) is 13.8. The number of nitrogens with zero attached hydrogens (tertiary/aromatic N) is 1. The van der Waals surface area contributed by atoms with Crippen LogP contribution in [-0.2, 0) is 16.1 Å². The number of aryl methyl sites for hydroxylation is 1. The molecule has 2 amide bonds. The fourth-order valence-corrected chi connectivity index (χ4v) is 3.82. The van der Waals surface area contributed by atoms with Gasteiger partial charge in [0.1, 0.15) is 0 Å². The Morgan fingerprint density at radius 3 is 2.59 bits per heavy atom. The van der Waals surface area contributed by atoms with Crippen LogP contribution in [0.5, 0.6) is 0 Å². The highest BCUT2D eigenvalue weighted by Gasteiger charge is 2.30. The van der Waals surface area contributed by atoms with Gasteiger partial charge in [-0.3, -0.25) is 14.2 Å². The Bertz CT molecular complexity index is 922. The summed E-state index contributed by atoms with van der Waals surface area (Å²) in [5.41, 5.74) is 0.723. The standard InChI is InChI=1S/C21H30N4O4/c1-21(2,13-26)24-19(28)14-7-9-15(10-8-14)22-18(27)11-12-25-17-6-4-3-5-16(17)23-20(25)29/h3-6,14-15,26H,7-13H2,1-2H3,(H,22,27)(H,23,29)(H,24,28). The third kappa shape index (κ3) is 5.26. The number of carbonyl (C=O) groups is 2. The molecule has 0 spiro atoms. The van der Waals surface area contributed by atoms with Gasteiger partial charge in [-0.05, 0) is 51.7 Å². The van der Waals surface area contributed by atoms with Crippen molar-refractivity contribution in [1.82, 2.24) is 20.2 Å². The SMILES string of the molecule is CC(C)(CO)NC(=O)C1CCC(NC(=O)CCn2c(=O)[nH]c3ccccc32)CC1. The molecule has 3 rings (SSSR count). The molecule has 0 saturated heterocycles. The molecule has 1 aliphatic carbocycles.